The Kier molecular flexibility index (Phi) is 7.40. The monoisotopic (exact) mass is 385 g/mol. The smallest absolute Gasteiger partial charge is 0.255 e. The molecular weight excluding hydrogens is 358 g/mol. The van der Waals surface area contributed by atoms with Crippen LogP contribution in [0.3, 0.4) is 0 Å². The summed E-state index contributed by atoms with van der Waals surface area (Å²) < 4.78 is 10.5. The zero-order valence-corrected chi connectivity index (χ0v) is 16.4. The Morgan fingerprint density at radius 1 is 1.04 bits per heavy atom. The van der Waals surface area contributed by atoms with Crippen molar-refractivity contribution in [3.05, 3.63) is 59.2 Å². The number of methoxy groups -OCH3 is 1. The van der Waals surface area contributed by atoms with Crippen LogP contribution >= 0.6 is 0 Å². The minimum absolute atomic E-state index is 0.271. The van der Waals surface area contributed by atoms with Crippen molar-refractivity contribution < 1.29 is 19.1 Å². The van der Waals surface area contributed by atoms with E-state index in [4.69, 9.17) is 20.9 Å². The van der Waals surface area contributed by atoms with Crippen LogP contribution in [0.5, 0.6) is 11.5 Å². The molecule has 0 aliphatic carbocycles. The van der Waals surface area contributed by atoms with Crippen molar-refractivity contribution >= 4 is 11.8 Å². The molecule has 2 aromatic rings. The average Bonchev–Trinajstić information content (AvgIpc) is 2.69. The fourth-order valence-electron chi connectivity index (χ4n) is 2.63. The van der Waals surface area contributed by atoms with Crippen LogP contribution < -0.4 is 26.3 Å². The van der Waals surface area contributed by atoms with E-state index in [0.717, 1.165) is 5.56 Å². The number of primary amides is 1. The summed E-state index contributed by atoms with van der Waals surface area (Å²) in [5, 5.41) is 2.82. The van der Waals surface area contributed by atoms with E-state index in [-0.39, 0.29) is 18.6 Å². The quantitative estimate of drug-likeness (QED) is 0.611. The third kappa shape index (κ3) is 5.72. The molecule has 0 aliphatic heterocycles. The average molecular weight is 385 g/mol. The highest BCUT2D eigenvalue weighted by molar-refractivity contribution is 5.95. The molecule has 0 radical (unpaired) electrons. The highest BCUT2D eigenvalue weighted by Crippen LogP contribution is 2.28. The van der Waals surface area contributed by atoms with E-state index in [1.54, 1.807) is 12.1 Å². The van der Waals surface area contributed by atoms with Gasteiger partial charge in [0.25, 0.3) is 11.8 Å². The predicted molar refractivity (Wildman–Crippen MR) is 107 cm³/mol. The third-order valence-electron chi connectivity index (χ3n) is 4.31. The fraction of sp³-hybridized carbons (Fsp3) is 0.333. The lowest BCUT2D eigenvalue weighted by Gasteiger charge is -2.15. The van der Waals surface area contributed by atoms with E-state index in [9.17, 15) is 9.59 Å². The number of amides is 2. The van der Waals surface area contributed by atoms with Crippen molar-refractivity contribution in [2.24, 2.45) is 11.5 Å². The molecule has 7 heteroatoms. The Morgan fingerprint density at radius 2 is 1.68 bits per heavy atom. The third-order valence-corrected chi connectivity index (χ3v) is 4.31. The predicted octanol–water partition coefficient (Wildman–Crippen LogP) is 2.11. The zero-order valence-electron chi connectivity index (χ0n) is 16.4. The molecule has 150 valence electrons. The number of ether oxygens (including phenoxy) is 2. The first-order valence-corrected chi connectivity index (χ1v) is 9.04. The van der Waals surface area contributed by atoms with E-state index < -0.39 is 5.91 Å². The van der Waals surface area contributed by atoms with Crippen LogP contribution in [-0.4, -0.2) is 32.1 Å². The highest BCUT2D eigenvalue weighted by Gasteiger charge is 2.14. The summed E-state index contributed by atoms with van der Waals surface area (Å²) in [7, 11) is 1.45. The van der Waals surface area contributed by atoms with Gasteiger partial charge in [0.1, 0.15) is 0 Å². The van der Waals surface area contributed by atoms with Gasteiger partial charge in [-0.3, -0.25) is 9.59 Å². The first kappa shape index (κ1) is 21.2. The molecule has 0 saturated heterocycles. The summed E-state index contributed by atoms with van der Waals surface area (Å²) in [6, 6.07) is 12.4. The summed E-state index contributed by atoms with van der Waals surface area (Å²) in [5.74, 6) is 0.241. The topological polar surface area (TPSA) is 117 Å². The molecule has 1 unspecified atom stereocenters. The molecule has 0 bridgehead atoms. The first-order valence-electron chi connectivity index (χ1n) is 9.04. The van der Waals surface area contributed by atoms with Crippen LogP contribution in [0.1, 0.15) is 47.3 Å². The van der Waals surface area contributed by atoms with Crippen LogP contribution in [0.4, 0.5) is 0 Å². The fourth-order valence-corrected chi connectivity index (χ4v) is 2.63. The van der Waals surface area contributed by atoms with Gasteiger partial charge in [0.05, 0.1) is 7.11 Å². The molecule has 2 rings (SSSR count). The van der Waals surface area contributed by atoms with Crippen molar-refractivity contribution in [2.45, 2.75) is 25.8 Å². The van der Waals surface area contributed by atoms with E-state index >= 15 is 0 Å². The number of nitrogens with one attached hydrogen (secondary N) is 1. The Bertz CT molecular complexity index is 819. The van der Waals surface area contributed by atoms with Gasteiger partial charge in [0, 0.05) is 18.2 Å². The maximum Gasteiger partial charge on any atom is 0.255 e. The van der Waals surface area contributed by atoms with Gasteiger partial charge in [-0.25, -0.2) is 0 Å². The molecule has 0 heterocycles. The summed E-state index contributed by atoms with van der Waals surface area (Å²) in [4.78, 5) is 23.3. The molecule has 0 saturated carbocycles. The second-order valence-corrected chi connectivity index (χ2v) is 6.76. The second-order valence-electron chi connectivity index (χ2n) is 6.76. The van der Waals surface area contributed by atoms with Gasteiger partial charge in [0.15, 0.2) is 18.1 Å². The van der Waals surface area contributed by atoms with Crippen molar-refractivity contribution in [3.8, 4) is 11.5 Å². The van der Waals surface area contributed by atoms with Crippen LogP contribution in [0.15, 0.2) is 42.5 Å². The number of benzene rings is 2. The number of nitrogens with two attached hydrogens (primary N) is 2. The lowest BCUT2D eigenvalue weighted by molar-refractivity contribution is -0.119. The summed E-state index contributed by atoms with van der Waals surface area (Å²) in [5.41, 5.74) is 13.9. The number of carbonyl (C=O) groups is 2. The van der Waals surface area contributed by atoms with Crippen molar-refractivity contribution in [2.75, 3.05) is 20.3 Å². The molecular formula is C21H27N3O4. The molecule has 0 spiro atoms. The molecule has 0 aromatic heterocycles. The van der Waals surface area contributed by atoms with E-state index in [1.807, 2.05) is 12.1 Å². The van der Waals surface area contributed by atoms with Gasteiger partial charge in [-0.05, 0) is 35.2 Å². The molecule has 2 aromatic carbocycles. The summed E-state index contributed by atoms with van der Waals surface area (Å²) >= 11 is 0. The molecule has 28 heavy (non-hydrogen) atoms. The Hall–Kier alpha value is -3.06. The van der Waals surface area contributed by atoms with Gasteiger partial charge < -0.3 is 26.3 Å². The van der Waals surface area contributed by atoms with Gasteiger partial charge in [-0.1, -0.05) is 38.1 Å². The number of rotatable bonds is 9. The molecule has 0 fully saturated rings. The Labute approximate surface area is 165 Å². The summed E-state index contributed by atoms with van der Waals surface area (Å²) in [6.45, 7) is 4.29. The van der Waals surface area contributed by atoms with Crippen LogP contribution in [0.2, 0.25) is 0 Å². The maximum atomic E-state index is 12.4. The van der Waals surface area contributed by atoms with Crippen LogP contribution in [-0.2, 0) is 4.79 Å². The van der Waals surface area contributed by atoms with E-state index in [2.05, 4.69) is 31.3 Å². The molecule has 1 atom stereocenters. The Balaban J connectivity index is 1.99. The highest BCUT2D eigenvalue weighted by atomic mass is 16.5. The Morgan fingerprint density at radius 3 is 2.25 bits per heavy atom. The molecule has 5 N–H and O–H groups in total. The lowest BCUT2D eigenvalue weighted by Crippen LogP contribution is -2.31. The van der Waals surface area contributed by atoms with Crippen molar-refractivity contribution in [1.82, 2.24) is 5.32 Å². The molecule has 0 aliphatic rings. The molecule has 7 nitrogen and oxygen atoms in total. The number of carbonyl (C=O) groups excluding carboxylic acids is 2. The van der Waals surface area contributed by atoms with E-state index in [0.29, 0.717) is 29.5 Å². The standard InChI is InChI=1S/C21H27N3O4/c1-13(2)14-4-6-15(7-5-14)17(22)11-24-21(26)16-8-9-18(19(10-16)27-3)28-12-20(23)25/h4-10,13,17H,11-12,22H2,1-3H3,(H2,23,25)(H,24,26). The van der Waals surface area contributed by atoms with Gasteiger partial charge in [0.2, 0.25) is 0 Å². The lowest BCUT2D eigenvalue weighted by atomic mass is 9.99. The van der Waals surface area contributed by atoms with Crippen LogP contribution in [0, 0.1) is 0 Å². The van der Waals surface area contributed by atoms with Gasteiger partial charge >= 0.3 is 0 Å². The minimum Gasteiger partial charge on any atom is -0.493 e. The van der Waals surface area contributed by atoms with Gasteiger partial charge in [-0.2, -0.15) is 0 Å². The first-order chi connectivity index (χ1) is 13.3. The largest absolute Gasteiger partial charge is 0.493 e. The number of hydrogen-bond donors (Lipinski definition) is 3. The minimum atomic E-state index is -0.598. The SMILES string of the molecule is COc1cc(C(=O)NCC(N)c2ccc(C(C)C)cc2)ccc1OCC(N)=O. The van der Waals surface area contributed by atoms with Crippen molar-refractivity contribution in [3.63, 3.8) is 0 Å². The summed E-state index contributed by atoms with van der Waals surface area (Å²) in [6.07, 6.45) is 0. The number of hydrogen-bond acceptors (Lipinski definition) is 5. The zero-order chi connectivity index (χ0) is 20.7. The van der Waals surface area contributed by atoms with E-state index in [1.165, 1.54) is 18.7 Å². The molecule has 2 amide bonds. The van der Waals surface area contributed by atoms with Crippen LogP contribution in [0.25, 0.3) is 0 Å². The van der Waals surface area contributed by atoms with Crippen molar-refractivity contribution in [1.29, 1.82) is 0 Å². The second kappa shape index (κ2) is 9.75. The maximum absolute atomic E-state index is 12.4. The van der Waals surface area contributed by atoms with Gasteiger partial charge in [-0.15, -0.1) is 0 Å². The normalized spacial score (nSPS) is 11.8.